The quantitative estimate of drug-likeness (QED) is 0.372. The van der Waals surface area contributed by atoms with Crippen molar-refractivity contribution in [3.63, 3.8) is 0 Å². The van der Waals surface area contributed by atoms with E-state index < -0.39 is 10.0 Å². The van der Waals surface area contributed by atoms with Crippen LogP contribution in [0.3, 0.4) is 0 Å². The molecule has 3 aromatic rings. The number of anilines is 1. The predicted octanol–water partition coefficient (Wildman–Crippen LogP) is 3.50. The molecule has 1 aromatic heterocycles. The molecule has 1 saturated carbocycles. The molecule has 0 atom stereocenters. The van der Waals surface area contributed by atoms with Crippen LogP contribution in [0.5, 0.6) is 0 Å². The van der Waals surface area contributed by atoms with Crippen LogP contribution < -0.4 is 4.31 Å². The lowest BCUT2D eigenvalue weighted by Gasteiger charge is -2.16. The molecule has 1 aliphatic carbocycles. The van der Waals surface area contributed by atoms with E-state index in [-0.39, 0.29) is 11.5 Å². The smallest absolute Gasteiger partial charge is 0.232 e. The molecule has 2 heterocycles. The van der Waals surface area contributed by atoms with Crippen LogP contribution in [0.2, 0.25) is 0 Å². The average Bonchev–Trinajstić information content (AvgIpc) is 3.39. The first kappa shape index (κ1) is 21.2. The standard InChI is InChI=1S/C23H24N4O3S2/c1-32(29,30)27-12-11-18-13-19(9-10-20(18)27)21(28)15-31-23-25-24-22(17-7-8-17)26(23)14-16-5-3-2-4-6-16/h2-6,9-10,13,17H,7-8,11-12,14-15H2,1H3. The van der Waals surface area contributed by atoms with Crippen molar-refractivity contribution >= 4 is 33.3 Å². The summed E-state index contributed by atoms with van der Waals surface area (Å²) in [5, 5.41) is 9.56. The van der Waals surface area contributed by atoms with E-state index in [4.69, 9.17) is 0 Å². The van der Waals surface area contributed by atoms with Gasteiger partial charge in [-0.15, -0.1) is 10.2 Å². The van der Waals surface area contributed by atoms with Gasteiger partial charge in [0.1, 0.15) is 5.82 Å². The molecule has 0 amide bonds. The molecule has 0 radical (unpaired) electrons. The fourth-order valence-corrected chi connectivity index (χ4v) is 5.87. The maximum atomic E-state index is 12.9. The van der Waals surface area contributed by atoms with Crippen molar-refractivity contribution in [3.8, 4) is 0 Å². The van der Waals surface area contributed by atoms with Gasteiger partial charge in [-0.2, -0.15) is 0 Å². The Labute approximate surface area is 191 Å². The molecular weight excluding hydrogens is 444 g/mol. The van der Waals surface area contributed by atoms with Crippen molar-refractivity contribution in [1.29, 1.82) is 0 Å². The van der Waals surface area contributed by atoms with Crippen molar-refractivity contribution in [3.05, 3.63) is 71.0 Å². The maximum Gasteiger partial charge on any atom is 0.232 e. The van der Waals surface area contributed by atoms with Crippen molar-refractivity contribution in [1.82, 2.24) is 14.8 Å². The average molecular weight is 469 g/mol. The second-order valence-electron chi connectivity index (χ2n) is 8.33. The molecule has 0 unspecified atom stereocenters. The Morgan fingerprint density at radius 3 is 2.62 bits per heavy atom. The molecule has 32 heavy (non-hydrogen) atoms. The van der Waals surface area contributed by atoms with Gasteiger partial charge in [0, 0.05) is 18.0 Å². The van der Waals surface area contributed by atoms with Gasteiger partial charge in [-0.1, -0.05) is 42.1 Å². The van der Waals surface area contributed by atoms with Gasteiger partial charge in [0.15, 0.2) is 10.9 Å². The largest absolute Gasteiger partial charge is 0.301 e. The van der Waals surface area contributed by atoms with Gasteiger partial charge in [0.05, 0.1) is 24.2 Å². The SMILES string of the molecule is CS(=O)(=O)N1CCc2cc(C(=O)CSc3nnc(C4CC4)n3Cc3ccccc3)ccc21. The summed E-state index contributed by atoms with van der Waals surface area (Å²) in [6, 6.07) is 15.5. The molecule has 5 rings (SSSR count). The maximum absolute atomic E-state index is 12.9. The zero-order valence-corrected chi connectivity index (χ0v) is 19.4. The van der Waals surface area contributed by atoms with E-state index in [1.165, 1.54) is 27.9 Å². The number of Topliss-reactive ketones (excluding diaryl/α,β-unsaturated/α-hetero) is 1. The first-order valence-corrected chi connectivity index (χ1v) is 13.5. The number of rotatable bonds is 8. The number of carbonyl (C=O) groups excluding carboxylic acids is 1. The number of hydrogen-bond donors (Lipinski definition) is 0. The highest BCUT2D eigenvalue weighted by atomic mass is 32.2. The topological polar surface area (TPSA) is 85.2 Å². The number of carbonyl (C=O) groups is 1. The summed E-state index contributed by atoms with van der Waals surface area (Å²) in [5.74, 6) is 1.72. The van der Waals surface area contributed by atoms with Crippen LogP contribution in [0.25, 0.3) is 0 Å². The zero-order chi connectivity index (χ0) is 22.3. The van der Waals surface area contributed by atoms with Crippen molar-refractivity contribution < 1.29 is 13.2 Å². The van der Waals surface area contributed by atoms with Crippen LogP contribution in [-0.2, 0) is 23.0 Å². The molecule has 0 bridgehead atoms. The van der Waals surface area contributed by atoms with Crippen LogP contribution in [0.15, 0.2) is 53.7 Å². The molecule has 1 fully saturated rings. The number of ketones is 1. The van der Waals surface area contributed by atoms with Gasteiger partial charge in [-0.05, 0) is 48.6 Å². The minimum atomic E-state index is -3.30. The number of fused-ring (bicyclic) bond motifs is 1. The van der Waals surface area contributed by atoms with E-state index in [9.17, 15) is 13.2 Å². The molecule has 0 saturated heterocycles. The summed E-state index contributed by atoms with van der Waals surface area (Å²) < 4.78 is 27.4. The molecule has 2 aliphatic rings. The van der Waals surface area contributed by atoms with Crippen molar-refractivity contribution in [2.45, 2.75) is 36.9 Å². The highest BCUT2D eigenvalue weighted by Gasteiger charge is 2.31. The number of benzene rings is 2. The summed E-state index contributed by atoms with van der Waals surface area (Å²) in [7, 11) is -3.30. The Morgan fingerprint density at radius 1 is 1.12 bits per heavy atom. The van der Waals surface area contributed by atoms with E-state index in [1.54, 1.807) is 12.1 Å². The number of sulfonamides is 1. The first-order valence-electron chi connectivity index (χ1n) is 10.6. The Balaban J connectivity index is 1.32. The van der Waals surface area contributed by atoms with Crippen LogP contribution >= 0.6 is 11.8 Å². The first-order chi connectivity index (χ1) is 15.4. The third-order valence-electron chi connectivity index (χ3n) is 5.86. The molecular formula is C23H24N4O3S2. The number of aromatic nitrogens is 3. The lowest BCUT2D eigenvalue weighted by Crippen LogP contribution is -2.27. The van der Waals surface area contributed by atoms with Gasteiger partial charge < -0.3 is 4.57 Å². The van der Waals surface area contributed by atoms with E-state index in [1.807, 2.05) is 24.3 Å². The number of nitrogens with zero attached hydrogens (tertiary/aromatic N) is 4. The minimum Gasteiger partial charge on any atom is -0.301 e. The van der Waals surface area contributed by atoms with Crippen LogP contribution in [0.4, 0.5) is 5.69 Å². The van der Waals surface area contributed by atoms with Crippen LogP contribution in [0, 0.1) is 0 Å². The highest BCUT2D eigenvalue weighted by molar-refractivity contribution is 7.99. The minimum absolute atomic E-state index is 0.00200. The summed E-state index contributed by atoms with van der Waals surface area (Å²) >= 11 is 1.41. The second kappa shape index (κ2) is 8.37. The lowest BCUT2D eigenvalue weighted by atomic mass is 10.1. The zero-order valence-electron chi connectivity index (χ0n) is 17.8. The fraction of sp³-hybridized carbons (Fsp3) is 0.348. The van der Waals surface area contributed by atoms with Gasteiger partial charge in [-0.3, -0.25) is 9.10 Å². The van der Waals surface area contributed by atoms with E-state index >= 15 is 0 Å². The second-order valence-corrected chi connectivity index (χ2v) is 11.2. The summed E-state index contributed by atoms with van der Waals surface area (Å²) in [6.45, 7) is 1.11. The molecule has 1 aliphatic heterocycles. The lowest BCUT2D eigenvalue weighted by molar-refractivity contribution is 0.102. The van der Waals surface area contributed by atoms with Crippen LogP contribution in [-0.4, -0.2) is 47.5 Å². The Kier molecular flexibility index (Phi) is 5.54. The third kappa shape index (κ3) is 4.31. The summed E-state index contributed by atoms with van der Waals surface area (Å²) in [5.41, 5.74) is 3.35. The van der Waals surface area contributed by atoms with Crippen molar-refractivity contribution in [2.75, 3.05) is 22.9 Å². The molecule has 2 aromatic carbocycles. The Morgan fingerprint density at radius 2 is 1.91 bits per heavy atom. The number of thioether (sulfide) groups is 1. The Bertz CT molecular complexity index is 1270. The van der Waals surface area contributed by atoms with Gasteiger partial charge in [0.2, 0.25) is 10.0 Å². The summed E-state index contributed by atoms with van der Waals surface area (Å²) in [4.78, 5) is 12.9. The normalized spacial score (nSPS) is 15.7. The van der Waals surface area contributed by atoms with Gasteiger partial charge in [0.25, 0.3) is 0 Å². The highest BCUT2D eigenvalue weighted by Crippen LogP contribution is 2.40. The Hall–Kier alpha value is -2.65. The fourth-order valence-electron chi connectivity index (χ4n) is 4.07. The number of hydrogen-bond acceptors (Lipinski definition) is 6. The van der Waals surface area contributed by atoms with E-state index in [0.29, 0.717) is 36.7 Å². The molecule has 0 spiro atoms. The molecule has 0 N–H and O–H groups in total. The monoisotopic (exact) mass is 468 g/mol. The molecule has 7 nitrogen and oxygen atoms in total. The van der Waals surface area contributed by atoms with E-state index in [2.05, 4.69) is 26.9 Å². The predicted molar refractivity (Wildman–Crippen MR) is 125 cm³/mol. The van der Waals surface area contributed by atoms with E-state index in [0.717, 1.165) is 29.4 Å². The summed E-state index contributed by atoms with van der Waals surface area (Å²) in [6.07, 6.45) is 4.10. The third-order valence-corrected chi connectivity index (χ3v) is 8.01. The van der Waals surface area contributed by atoms with Crippen molar-refractivity contribution in [2.24, 2.45) is 0 Å². The molecule has 9 heteroatoms. The van der Waals surface area contributed by atoms with Gasteiger partial charge >= 0.3 is 0 Å². The van der Waals surface area contributed by atoms with Gasteiger partial charge in [-0.25, -0.2) is 8.42 Å². The van der Waals surface area contributed by atoms with Crippen LogP contribution in [0.1, 0.15) is 46.1 Å². The molecule has 166 valence electrons.